The molecule has 2 aromatic carbocycles. The molecule has 9 nitrogen and oxygen atoms in total. The molecule has 2 heterocycles. The molecule has 4 N–H and O–H groups in total. The van der Waals surface area contributed by atoms with Crippen LogP contribution in [0.3, 0.4) is 0 Å². The maximum atomic E-state index is 15.0. The fourth-order valence-corrected chi connectivity index (χ4v) is 6.15. The lowest BCUT2D eigenvalue weighted by molar-refractivity contribution is -0.549. The van der Waals surface area contributed by atoms with Crippen molar-refractivity contribution in [3.05, 3.63) is 88.1 Å². The van der Waals surface area contributed by atoms with E-state index in [9.17, 15) is 40.3 Å². The summed E-state index contributed by atoms with van der Waals surface area (Å²) in [6, 6.07) is 1.72. The third kappa shape index (κ3) is 7.68. The smallest absolute Gasteiger partial charge is 0.332 e. The first kappa shape index (κ1) is 35.8. The Balaban J connectivity index is 1.42. The standard InChI is InChI=1S/C33H28F9N7O2/c34-18-7-16(8-19(35)11-18)9-23(46-24(50)14-49-28-25(27(48-49)29(37)38)32(39,40)5-6-33(28,41)42)26-21(13-45-31(47-26)44-12-15-1-2-15)17-3-4-22(36)20(10-17)30(43)51/h3-4,7-8,10-11,13,15,23,27,29H,1-2,5-6,9,12,14H2,(H3-,43,44,45,46,47,50,51)/p+1/t23-,27?/m0/s1. The number of nitrogens with one attached hydrogen (secondary N) is 2. The number of amides is 2. The summed E-state index contributed by atoms with van der Waals surface area (Å²) in [7, 11) is 0. The van der Waals surface area contributed by atoms with Crippen LogP contribution in [-0.4, -0.2) is 63.9 Å². The second-order valence-corrected chi connectivity index (χ2v) is 12.6. The average Bonchev–Trinajstić information content (AvgIpc) is 3.79. The lowest BCUT2D eigenvalue weighted by Crippen LogP contribution is -2.42. The number of hydrogen-bond acceptors (Lipinski definition) is 6. The molecule has 51 heavy (non-hydrogen) atoms. The molecule has 1 fully saturated rings. The Kier molecular flexibility index (Phi) is 9.54. The number of aromatic nitrogens is 2. The normalized spacial score (nSPS) is 19.8. The number of carbonyl (C=O) groups excluding carboxylic acids is 2. The van der Waals surface area contributed by atoms with E-state index in [0.717, 1.165) is 37.1 Å². The monoisotopic (exact) mass is 726 g/mol. The van der Waals surface area contributed by atoms with Crippen molar-refractivity contribution in [2.75, 3.05) is 18.4 Å². The summed E-state index contributed by atoms with van der Waals surface area (Å²) in [5.41, 5.74) is 1.84. The number of nitrogens with two attached hydrogens (primary N) is 1. The zero-order chi connectivity index (χ0) is 36.8. The van der Waals surface area contributed by atoms with Crippen molar-refractivity contribution in [3.8, 4) is 11.1 Å². The molecule has 2 aliphatic carbocycles. The second-order valence-electron chi connectivity index (χ2n) is 12.6. The molecule has 2 atom stereocenters. The first-order chi connectivity index (χ1) is 24.0. The molecule has 1 aromatic heterocycles. The van der Waals surface area contributed by atoms with Crippen LogP contribution in [0, 0.1) is 23.4 Å². The highest BCUT2D eigenvalue weighted by Crippen LogP contribution is 2.51. The largest absolute Gasteiger partial charge is 0.366 e. The van der Waals surface area contributed by atoms with Gasteiger partial charge in [0.15, 0.2) is 0 Å². The predicted octanol–water partition coefficient (Wildman–Crippen LogP) is 6.31. The fraction of sp³-hybridized carbons (Fsp3) is 0.394. The van der Waals surface area contributed by atoms with Crippen molar-refractivity contribution in [3.63, 3.8) is 0 Å². The van der Waals surface area contributed by atoms with Gasteiger partial charge >= 0.3 is 5.92 Å². The molecule has 1 unspecified atom stereocenters. The molecule has 18 heteroatoms. The van der Waals surface area contributed by atoms with Gasteiger partial charge in [0.1, 0.15) is 23.0 Å². The highest BCUT2D eigenvalue weighted by molar-refractivity contribution is 5.94. The Labute approximate surface area is 283 Å². The average molecular weight is 727 g/mol. The molecule has 6 rings (SSSR count). The van der Waals surface area contributed by atoms with E-state index in [-0.39, 0.29) is 33.0 Å². The van der Waals surface area contributed by atoms with Crippen molar-refractivity contribution in [2.45, 2.75) is 62.5 Å². The van der Waals surface area contributed by atoms with Gasteiger partial charge in [0.05, 0.1) is 17.3 Å². The number of benzene rings is 2. The molecular formula is C33H29F9N7O2+. The van der Waals surface area contributed by atoms with Crippen LogP contribution in [0.4, 0.5) is 45.5 Å². The predicted molar refractivity (Wildman–Crippen MR) is 162 cm³/mol. The highest BCUT2D eigenvalue weighted by Gasteiger charge is 2.64. The summed E-state index contributed by atoms with van der Waals surface area (Å²) in [6.07, 6.45) is -3.64. The zero-order valence-corrected chi connectivity index (χ0v) is 26.4. The molecule has 3 aromatic rings. The van der Waals surface area contributed by atoms with Gasteiger partial charge in [-0.1, -0.05) is 10.8 Å². The fourth-order valence-electron chi connectivity index (χ4n) is 6.15. The number of nitrogens with zero attached hydrogens (tertiary/aromatic N) is 4. The minimum atomic E-state index is -4.05. The number of halogens is 9. The summed E-state index contributed by atoms with van der Waals surface area (Å²) < 4.78 is 131. The molecule has 3 aliphatic rings. The molecule has 1 saturated carbocycles. The minimum Gasteiger partial charge on any atom is -0.366 e. The Morgan fingerprint density at radius 2 is 1.67 bits per heavy atom. The number of alkyl halides is 6. The van der Waals surface area contributed by atoms with Gasteiger partial charge in [0.2, 0.25) is 12.0 Å². The zero-order valence-electron chi connectivity index (χ0n) is 26.4. The number of allylic oxidation sites excluding steroid dienone is 1. The van der Waals surface area contributed by atoms with Gasteiger partial charge in [0.25, 0.3) is 36.4 Å². The quantitative estimate of drug-likeness (QED) is 0.149. The molecule has 270 valence electrons. The number of carbonyl (C=O) groups is 2. The first-order valence-corrected chi connectivity index (χ1v) is 15.7. The number of azo groups is 2. The van der Waals surface area contributed by atoms with Gasteiger partial charge < -0.3 is 16.4 Å². The third-order valence-corrected chi connectivity index (χ3v) is 8.73. The molecule has 0 saturated heterocycles. The lowest BCUT2D eigenvalue weighted by Gasteiger charge is -2.27. The first-order valence-electron chi connectivity index (χ1n) is 15.7. The highest BCUT2D eigenvalue weighted by atomic mass is 19.3. The Morgan fingerprint density at radius 1 is 0.980 bits per heavy atom. The molecule has 2 amide bonds. The van der Waals surface area contributed by atoms with E-state index in [1.165, 1.54) is 12.3 Å². The summed E-state index contributed by atoms with van der Waals surface area (Å²) in [5.74, 6) is -12.9. The topological polar surface area (TPSA) is 125 Å². The van der Waals surface area contributed by atoms with Gasteiger partial charge in [-0.3, -0.25) is 9.59 Å². The van der Waals surface area contributed by atoms with Gasteiger partial charge in [0, 0.05) is 37.2 Å². The molecule has 0 radical (unpaired) electrons. The molecular weight excluding hydrogens is 697 g/mol. The van der Waals surface area contributed by atoms with Gasteiger partial charge in [-0.15, -0.1) is 0 Å². The van der Waals surface area contributed by atoms with Crippen LogP contribution < -0.4 is 16.4 Å². The Bertz CT molecular complexity index is 1930. The minimum absolute atomic E-state index is 0.0288. The molecule has 0 spiro atoms. The van der Waals surface area contributed by atoms with Crippen LogP contribution in [0.1, 0.15) is 53.3 Å². The van der Waals surface area contributed by atoms with E-state index < -0.39 is 102 Å². The summed E-state index contributed by atoms with van der Waals surface area (Å²) >= 11 is 0. The van der Waals surface area contributed by atoms with Gasteiger partial charge in [-0.2, -0.15) is 8.78 Å². The van der Waals surface area contributed by atoms with Crippen molar-refractivity contribution >= 4 is 17.8 Å². The van der Waals surface area contributed by atoms with Crippen LogP contribution in [0.5, 0.6) is 0 Å². The van der Waals surface area contributed by atoms with E-state index in [2.05, 4.69) is 25.7 Å². The van der Waals surface area contributed by atoms with Crippen LogP contribution >= 0.6 is 0 Å². The van der Waals surface area contributed by atoms with Crippen LogP contribution in [0.2, 0.25) is 0 Å². The Morgan fingerprint density at radius 3 is 2.31 bits per heavy atom. The van der Waals surface area contributed by atoms with Crippen molar-refractivity contribution < 1.29 is 53.8 Å². The van der Waals surface area contributed by atoms with E-state index in [1.807, 2.05) is 0 Å². The third-order valence-electron chi connectivity index (χ3n) is 8.73. The van der Waals surface area contributed by atoms with E-state index >= 15 is 8.78 Å². The van der Waals surface area contributed by atoms with Crippen molar-refractivity contribution in [2.24, 2.45) is 16.8 Å². The van der Waals surface area contributed by atoms with E-state index in [4.69, 9.17) is 5.73 Å². The lowest BCUT2D eigenvalue weighted by atomic mass is 9.86. The van der Waals surface area contributed by atoms with Crippen LogP contribution in [0.25, 0.3) is 11.1 Å². The van der Waals surface area contributed by atoms with E-state index in [1.54, 1.807) is 0 Å². The number of hydrogen-bond donors (Lipinski definition) is 3. The van der Waals surface area contributed by atoms with Crippen molar-refractivity contribution in [1.29, 1.82) is 0 Å². The van der Waals surface area contributed by atoms with Crippen LogP contribution in [-0.2, 0) is 11.2 Å². The second kappa shape index (κ2) is 13.6. The van der Waals surface area contributed by atoms with E-state index in [0.29, 0.717) is 18.5 Å². The van der Waals surface area contributed by atoms with Gasteiger partial charge in [-0.25, -0.2) is 40.7 Å². The Hall–Kier alpha value is -5.03. The SMILES string of the molecule is NC(=O)c1cc(-c2cnc(NCC3CC3)nc2[C@H](Cc2cc(F)cc(F)c2)NC(=O)C[N+]2=NC(C(F)F)C3=C2C(F)(F)CCC3(F)F)ccc1F. The summed E-state index contributed by atoms with van der Waals surface area (Å²) in [6.45, 7) is -0.761. The van der Waals surface area contributed by atoms with Crippen molar-refractivity contribution in [1.82, 2.24) is 15.3 Å². The summed E-state index contributed by atoms with van der Waals surface area (Å²) in [5, 5.41) is 8.91. The van der Waals surface area contributed by atoms with Gasteiger partial charge in [-0.05, 0) is 65.7 Å². The maximum absolute atomic E-state index is 15.0. The maximum Gasteiger partial charge on any atom is 0.332 e. The number of rotatable bonds is 12. The number of anilines is 1. The number of primary amides is 1. The summed E-state index contributed by atoms with van der Waals surface area (Å²) in [4.78, 5) is 34.3. The molecule has 1 aliphatic heterocycles. The van der Waals surface area contributed by atoms with Crippen LogP contribution in [0.15, 0.2) is 59.0 Å². The molecule has 0 bridgehead atoms.